The molecule has 0 saturated carbocycles. The van der Waals surface area contributed by atoms with E-state index in [1.165, 1.54) is 0 Å². The molecule has 138 valence electrons. The maximum absolute atomic E-state index is 11.5. The van der Waals surface area contributed by atoms with Crippen molar-refractivity contribution in [2.75, 3.05) is 13.6 Å². The highest BCUT2D eigenvalue weighted by atomic mass is 127. The van der Waals surface area contributed by atoms with Gasteiger partial charge in [0, 0.05) is 32.1 Å². The van der Waals surface area contributed by atoms with Gasteiger partial charge in [-0.2, -0.15) is 0 Å². The van der Waals surface area contributed by atoms with Crippen molar-refractivity contribution in [3.63, 3.8) is 0 Å². The maximum Gasteiger partial charge on any atom is 0.307 e. The normalized spacial score (nSPS) is 11.2. The van der Waals surface area contributed by atoms with Crippen molar-refractivity contribution in [1.82, 2.24) is 15.8 Å². The van der Waals surface area contributed by atoms with Crippen molar-refractivity contribution in [2.24, 2.45) is 4.99 Å². The SMILES string of the molecule is CCc1noc(CC)c1CNC(=NC)NCCC(=O)OC(C)C.I. The molecule has 1 aromatic rings. The molecule has 0 aromatic carbocycles. The number of hydrogen-bond acceptors (Lipinski definition) is 5. The number of carbonyl (C=O) groups excluding carboxylic acids is 1. The predicted octanol–water partition coefficient (Wildman–Crippen LogP) is 2.42. The summed E-state index contributed by atoms with van der Waals surface area (Å²) in [6.45, 7) is 8.82. The molecule has 1 heterocycles. The molecule has 0 saturated heterocycles. The molecular formula is C16H29IN4O3. The summed E-state index contributed by atoms with van der Waals surface area (Å²) in [4.78, 5) is 15.6. The minimum absolute atomic E-state index is 0. The number of carbonyl (C=O) groups is 1. The lowest BCUT2D eigenvalue weighted by atomic mass is 10.1. The molecule has 2 N–H and O–H groups in total. The van der Waals surface area contributed by atoms with Crippen molar-refractivity contribution >= 4 is 35.9 Å². The van der Waals surface area contributed by atoms with Gasteiger partial charge in [0.05, 0.1) is 18.2 Å². The summed E-state index contributed by atoms with van der Waals surface area (Å²) in [5, 5.41) is 10.4. The van der Waals surface area contributed by atoms with E-state index in [9.17, 15) is 4.79 Å². The van der Waals surface area contributed by atoms with E-state index in [2.05, 4.69) is 20.8 Å². The van der Waals surface area contributed by atoms with E-state index >= 15 is 0 Å². The molecule has 0 aliphatic heterocycles. The van der Waals surface area contributed by atoms with Crippen LogP contribution in [-0.4, -0.2) is 36.8 Å². The van der Waals surface area contributed by atoms with Gasteiger partial charge in [-0.25, -0.2) is 0 Å². The minimum Gasteiger partial charge on any atom is -0.463 e. The number of aryl methyl sites for hydroxylation is 2. The number of guanidine groups is 1. The predicted molar refractivity (Wildman–Crippen MR) is 105 cm³/mol. The molecular weight excluding hydrogens is 423 g/mol. The third-order valence-electron chi connectivity index (χ3n) is 3.25. The van der Waals surface area contributed by atoms with Crippen LogP contribution in [-0.2, 0) is 28.9 Å². The van der Waals surface area contributed by atoms with E-state index < -0.39 is 0 Å². The average Bonchev–Trinajstić information content (AvgIpc) is 2.91. The van der Waals surface area contributed by atoms with Crippen molar-refractivity contribution in [3.05, 3.63) is 17.0 Å². The van der Waals surface area contributed by atoms with Crippen molar-refractivity contribution in [3.8, 4) is 0 Å². The first-order valence-corrected chi connectivity index (χ1v) is 8.12. The van der Waals surface area contributed by atoms with Crippen molar-refractivity contribution < 1.29 is 14.1 Å². The first kappa shape index (κ1) is 22.7. The third kappa shape index (κ3) is 7.50. The zero-order valence-electron chi connectivity index (χ0n) is 15.1. The zero-order chi connectivity index (χ0) is 17.2. The largest absolute Gasteiger partial charge is 0.463 e. The van der Waals surface area contributed by atoms with Gasteiger partial charge in [0.2, 0.25) is 0 Å². The number of hydrogen-bond donors (Lipinski definition) is 2. The Morgan fingerprint density at radius 3 is 2.54 bits per heavy atom. The van der Waals surface area contributed by atoms with Crippen LogP contribution in [0.2, 0.25) is 0 Å². The summed E-state index contributed by atoms with van der Waals surface area (Å²) in [5.74, 6) is 1.31. The van der Waals surface area contributed by atoms with E-state index in [0.717, 1.165) is 29.9 Å². The quantitative estimate of drug-likeness (QED) is 0.273. The monoisotopic (exact) mass is 452 g/mol. The minimum atomic E-state index is -0.219. The van der Waals surface area contributed by atoms with Gasteiger partial charge in [0.15, 0.2) is 5.96 Å². The van der Waals surface area contributed by atoms with Gasteiger partial charge in [-0.1, -0.05) is 19.0 Å². The number of halogens is 1. The highest BCUT2D eigenvalue weighted by molar-refractivity contribution is 14.0. The number of nitrogens with one attached hydrogen (secondary N) is 2. The molecule has 0 radical (unpaired) electrons. The molecule has 0 unspecified atom stereocenters. The number of rotatable bonds is 8. The molecule has 1 rings (SSSR count). The van der Waals surface area contributed by atoms with Gasteiger partial charge < -0.3 is 19.9 Å². The van der Waals surface area contributed by atoms with Gasteiger partial charge >= 0.3 is 5.97 Å². The van der Waals surface area contributed by atoms with E-state index in [1.807, 2.05) is 27.7 Å². The molecule has 0 spiro atoms. The van der Waals surface area contributed by atoms with Crippen LogP contribution in [0.15, 0.2) is 9.52 Å². The van der Waals surface area contributed by atoms with E-state index in [-0.39, 0.29) is 36.0 Å². The molecule has 0 aliphatic rings. The Bertz CT molecular complexity index is 508. The number of nitrogens with zero attached hydrogens (tertiary/aromatic N) is 2. The standard InChI is InChI=1S/C16H28N4O3.HI/c1-6-13-12(14(7-2)23-20-13)10-19-16(17-5)18-9-8-15(21)22-11(3)4;/h11H,6-10H2,1-5H3,(H2,17,18,19);1H. The molecule has 0 aliphatic carbocycles. The van der Waals surface area contributed by atoms with E-state index in [0.29, 0.717) is 25.5 Å². The Kier molecular flexibility index (Phi) is 11.4. The summed E-state index contributed by atoms with van der Waals surface area (Å²) in [5.41, 5.74) is 2.04. The lowest BCUT2D eigenvalue weighted by Crippen LogP contribution is -2.38. The lowest BCUT2D eigenvalue weighted by molar-refractivity contribution is -0.147. The zero-order valence-corrected chi connectivity index (χ0v) is 17.5. The van der Waals surface area contributed by atoms with Crippen LogP contribution in [0.5, 0.6) is 0 Å². The van der Waals surface area contributed by atoms with Crippen LogP contribution in [0, 0.1) is 0 Å². The summed E-state index contributed by atoms with van der Waals surface area (Å²) < 4.78 is 10.4. The Morgan fingerprint density at radius 1 is 1.29 bits per heavy atom. The van der Waals surface area contributed by atoms with Crippen LogP contribution < -0.4 is 10.6 Å². The van der Waals surface area contributed by atoms with Gasteiger partial charge in [0.25, 0.3) is 0 Å². The molecule has 0 bridgehead atoms. The van der Waals surface area contributed by atoms with Crippen molar-refractivity contribution in [1.29, 1.82) is 0 Å². The average molecular weight is 452 g/mol. The second-order valence-electron chi connectivity index (χ2n) is 5.38. The third-order valence-corrected chi connectivity index (χ3v) is 3.25. The van der Waals surface area contributed by atoms with Gasteiger partial charge in [-0.15, -0.1) is 24.0 Å². The number of ether oxygens (including phenoxy) is 1. The first-order valence-electron chi connectivity index (χ1n) is 8.12. The highest BCUT2D eigenvalue weighted by Crippen LogP contribution is 2.15. The van der Waals surface area contributed by atoms with Crippen molar-refractivity contribution in [2.45, 2.75) is 59.6 Å². The summed E-state index contributed by atoms with van der Waals surface area (Å²) >= 11 is 0. The Hall–Kier alpha value is -1.32. The topological polar surface area (TPSA) is 88.8 Å². The highest BCUT2D eigenvalue weighted by Gasteiger charge is 2.13. The van der Waals surface area contributed by atoms with Gasteiger partial charge in [0.1, 0.15) is 5.76 Å². The second kappa shape index (κ2) is 12.1. The molecule has 0 amide bonds. The molecule has 24 heavy (non-hydrogen) atoms. The van der Waals surface area contributed by atoms with E-state index in [1.54, 1.807) is 7.05 Å². The van der Waals surface area contributed by atoms with Gasteiger partial charge in [-0.3, -0.25) is 9.79 Å². The lowest BCUT2D eigenvalue weighted by Gasteiger charge is -2.12. The van der Waals surface area contributed by atoms with Crippen LogP contribution in [0.25, 0.3) is 0 Å². The van der Waals surface area contributed by atoms with Crippen LogP contribution >= 0.6 is 24.0 Å². The van der Waals surface area contributed by atoms with Crippen LogP contribution in [0.4, 0.5) is 0 Å². The Balaban J connectivity index is 0.00000529. The number of aliphatic imine (C=N–C) groups is 1. The molecule has 1 aromatic heterocycles. The Morgan fingerprint density at radius 2 is 2.00 bits per heavy atom. The van der Waals surface area contributed by atoms with Gasteiger partial charge in [-0.05, 0) is 20.3 Å². The Labute approximate surface area is 161 Å². The molecule has 8 heteroatoms. The fraction of sp³-hybridized carbons (Fsp3) is 0.688. The fourth-order valence-corrected chi connectivity index (χ4v) is 2.14. The first-order chi connectivity index (χ1) is 11.0. The summed E-state index contributed by atoms with van der Waals surface area (Å²) in [6, 6.07) is 0. The number of esters is 1. The van der Waals surface area contributed by atoms with Crippen LogP contribution in [0.3, 0.4) is 0 Å². The maximum atomic E-state index is 11.5. The molecule has 0 atom stereocenters. The van der Waals surface area contributed by atoms with E-state index in [4.69, 9.17) is 9.26 Å². The fourth-order valence-electron chi connectivity index (χ4n) is 2.14. The summed E-state index contributed by atoms with van der Waals surface area (Å²) in [6.07, 6.45) is 1.84. The molecule has 7 nitrogen and oxygen atoms in total. The summed E-state index contributed by atoms with van der Waals surface area (Å²) in [7, 11) is 1.69. The number of aromatic nitrogens is 1. The molecule has 0 fully saturated rings. The second-order valence-corrected chi connectivity index (χ2v) is 5.38. The van der Waals surface area contributed by atoms with Crippen LogP contribution in [0.1, 0.15) is 51.1 Å². The smallest absolute Gasteiger partial charge is 0.307 e.